The third-order valence-electron chi connectivity index (χ3n) is 24.3. The largest absolute Gasteiger partial charge is 0.450 e. The number of carbonyl (C=O) groups is 8. The Balaban J connectivity index is 0.000000133. The third-order valence-corrected chi connectivity index (χ3v) is 26.0. The summed E-state index contributed by atoms with van der Waals surface area (Å²) in [7, 11) is 3.68. The molecular weight excluding hydrogens is 1930 g/mol. The molecule has 8 N–H and O–H groups in total. The van der Waals surface area contributed by atoms with Gasteiger partial charge < -0.3 is 73.9 Å². The number of aliphatic hydroxyl groups is 1. The minimum atomic E-state index is -0.525. The van der Waals surface area contributed by atoms with Crippen LogP contribution in [0.15, 0.2) is 223 Å². The summed E-state index contributed by atoms with van der Waals surface area (Å²) in [5, 5.41) is 24.6. The van der Waals surface area contributed by atoms with Crippen LogP contribution in [0.2, 0.25) is 25.1 Å². The number of rotatable bonds is 17. The standard InChI is InChI=1S/C28H26Cl2N4O3.C28H25Cl2N3O4.C25H26ClN3O4.C23H24BrN3O4/c1-33(2)16-25(35)31-20-8-3-17(4-9-20)27-26-22(23-15-19(30)7-12-24(23)32-26)13-14-34(27)28(36)37-21-10-5-18(29)6-11-21;1-16(2)36-27(34)31-20-8-3-17(4-9-20)26-25-22(23-15-19(30)7-12-24(23)32-25)13-14-33(26)28(35)37-21-10-5-18(29)6-11-21;1-2-33-25(31)29-10-9-19-20-15-18(26)7-8-21(20)27-22(19)23(29)16-3-5-17(6-4-16)24(30)28-11-13-32-14-12-28;1-2-31-23(30)27-11-9-17-18-13-16(24)7-8-19(18)26-20(17)21(27)14-3-5-15(6-4-14)22(29)25-10-12-28/h3-12,15,27,32H,13-14,16H2,1-2H3,(H,31,35);3-12,15-16,26,32H,13-14H2,1-2H3,(H,31,34);3-8,15,23,27H,2,9-14H2,1H3;3-8,13,21,26,28H,2,9-12H2,1H3,(H,25,29). The number of anilines is 2. The van der Waals surface area contributed by atoms with Crippen LogP contribution < -0.4 is 25.4 Å². The first-order valence-corrected chi connectivity index (χ1v) is 48.0. The van der Waals surface area contributed by atoms with Crippen molar-refractivity contribution in [2.75, 3.05) is 110 Å². The van der Waals surface area contributed by atoms with Crippen molar-refractivity contribution < 1.29 is 71.9 Å². The van der Waals surface area contributed by atoms with Gasteiger partial charge in [-0.05, 0) is 282 Å². The van der Waals surface area contributed by atoms with E-state index in [4.69, 9.17) is 91.5 Å². The zero-order valence-electron chi connectivity index (χ0n) is 76.3. The van der Waals surface area contributed by atoms with Crippen molar-refractivity contribution in [3.63, 3.8) is 0 Å². The molecule has 0 saturated carbocycles. The van der Waals surface area contributed by atoms with Crippen molar-refractivity contribution in [1.82, 2.24) is 54.7 Å². The number of benzene rings is 10. The predicted octanol–water partition coefficient (Wildman–Crippen LogP) is 21.9. The molecule has 1 saturated heterocycles. The Kier molecular flexibility index (Phi) is 31.4. The number of likely N-dealkylation sites (N-methyl/N-ethyl adjacent to an activating group) is 1. The van der Waals surface area contributed by atoms with Crippen LogP contribution in [0, 0.1) is 0 Å². The monoisotopic (exact) mass is 2030 g/mol. The van der Waals surface area contributed by atoms with Crippen LogP contribution in [0.4, 0.5) is 35.3 Å². The zero-order chi connectivity index (χ0) is 97.1. The average molecular weight is 2030 g/mol. The average Bonchev–Trinajstić information content (AvgIpc) is 1.60. The number of hydrogen-bond donors (Lipinski definition) is 8. The molecule has 714 valence electrons. The molecule has 8 amide bonds. The lowest BCUT2D eigenvalue weighted by molar-refractivity contribution is -0.116. The number of nitrogens with one attached hydrogen (secondary N) is 7. The Morgan fingerprint density at radius 2 is 0.790 bits per heavy atom. The van der Waals surface area contributed by atoms with E-state index in [9.17, 15) is 38.4 Å². The van der Waals surface area contributed by atoms with Gasteiger partial charge in [0.05, 0.1) is 45.7 Å². The fraction of sp³-hybridized carbons (Fsp3) is 0.269. The smallest absolute Gasteiger partial charge is 0.416 e. The molecule has 5 aliphatic heterocycles. The topological polar surface area (TPSA) is 331 Å². The van der Waals surface area contributed by atoms with Crippen molar-refractivity contribution in [3.05, 3.63) is 326 Å². The van der Waals surface area contributed by atoms with Gasteiger partial charge in [0.25, 0.3) is 11.8 Å². The number of nitrogens with zero attached hydrogens (tertiary/aromatic N) is 6. The minimum Gasteiger partial charge on any atom is -0.450 e. The van der Waals surface area contributed by atoms with Gasteiger partial charge in [-0.15, -0.1) is 0 Å². The highest BCUT2D eigenvalue weighted by molar-refractivity contribution is 9.10. The molecule has 10 aromatic carbocycles. The van der Waals surface area contributed by atoms with Crippen LogP contribution in [-0.4, -0.2) is 208 Å². The Labute approximate surface area is 829 Å². The van der Waals surface area contributed by atoms with Gasteiger partial charge in [-0.1, -0.05) is 122 Å². The molecule has 0 aliphatic carbocycles. The Hall–Kier alpha value is -13.1. The number of amides is 8. The van der Waals surface area contributed by atoms with E-state index in [0.29, 0.717) is 144 Å². The van der Waals surface area contributed by atoms with E-state index in [-0.39, 0.29) is 67.8 Å². The maximum Gasteiger partial charge on any atom is 0.416 e. The summed E-state index contributed by atoms with van der Waals surface area (Å²) in [5.41, 5.74) is 18.2. The molecule has 4 aromatic heterocycles. The highest BCUT2D eigenvalue weighted by atomic mass is 79.9. The molecule has 138 heavy (non-hydrogen) atoms. The van der Waals surface area contributed by atoms with Gasteiger partial charge in [0.1, 0.15) is 35.7 Å². The lowest BCUT2D eigenvalue weighted by Gasteiger charge is -2.35. The van der Waals surface area contributed by atoms with Gasteiger partial charge in [-0.25, -0.2) is 24.0 Å². The molecular formula is C104H101BrCl5N13O15. The molecule has 4 unspecified atom stereocenters. The summed E-state index contributed by atoms with van der Waals surface area (Å²) in [4.78, 5) is 126. The summed E-state index contributed by atoms with van der Waals surface area (Å²) >= 11 is 34.4. The Bertz CT molecular complexity index is 6590. The maximum atomic E-state index is 13.4. The maximum absolute atomic E-state index is 13.4. The number of H-pyrrole nitrogens is 4. The van der Waals surface area contributed by atoms with E-state index in [1.165, 1.54) is 5.56 Å². The van der Waals surface area contributed by atoms with E-state index in [1.54, 1.807) is 125 Å². The number of aromatic nitrogens is 4. The van der Waals surface area contributed by atoms with E-state index in [0.717, 1.165) is 116 Å². The number of halogens is 6. The molecule has 0 bridgehead atoms. The van der Waals surface area contributed by atoms with Gasteiger partial charge in [0.2, 0.25) is 5.91 Å². The van der Waals surface area contributed by atoms with Gasteiger partial charge in [0, 0.05) is 164 Å². The highest BCUT2D eigenvalue weighted by Crippen LogP contribution is 2.46. The first kappa shape index (κ1) is 98.0. The van der Waals surface area contributed by atoms with Crippen LogP contribution in [0.5, 0.6) is 11.5 Å². The molecule has 4 atom stereocenters. The SMILES string of the molecule is CC(C)OC(=O)Nc1ccc(C2c3[nH]c4ccc(Cl)cc4c3CCN2C(=O)Oc2ccc(Cl)cc2)cc1.CCOC(=O)N1CCc2c([nH]c3ccc(Br)cc23)C1c1ccc(C(=O)NCCO)cc1.CCOC(=O)N1CCc2c([nH]c3ccc(Cl)cc23)C1c1ccc(C(=O)N2CCOCC2)cc1.CN(C)CC(=O)Nc1ccc(C2c3[nH]c4ccc(Cl)cc4c3CCN2C(=O)Oc2ccc(Cl)cc2)cc1. The normalized spacial score (nSPS) is 15.9. The van der Waals surface area contributed by atoms with Gasteiger partial charge >= 0.3 is 30.5 Å². The molecule has 28 nitrogen and oxygen atoms in total. The van der Waals surface area contributed by atoms with Crippen LogP contribution >= 0.6 is 73.9 Å². The molecule has 1 fully saturated rings. The quantitative estimate of drug-likeness (QED) is 0.0393. The molecule has 0 spiro atoms. The van der Waals surface area contributed by atoms with Crippen LogP contribution in [0.1, 0.15) is 140 Å². The third kappa shape index (κ3) is 22.5. The minimum absolute atomic E-state index is 0.00307. The molecule has 5 aliphatic rings. The molecule has 0 radical (unpaired) electrons. The number of aromatic amines is 4. The van der Waals surface area contributed by atoms with Crippen LogP contribution in [-0.2, 0) is 49.4 Å². The van der Waals surface area contributed by atoms with Crippen LogP contribution in [0.25, 0.3) is 43.6 Å². The molecule has 9 heterocycles. The Morgan fingerprint density at radius 3 is 1.16 bits per heavy atom. The number of fused-ring (bicyclic) bond motifs is 12. The Morgan fingerprint density at radius 1 is 0.442 bits per heavy atom. The fourth-order valence-corrected chi connectivity index (χ4v) is 19.3. The first-order valence-electron chi connectivity index (χ1n) is 45.3. The molecule has 19 rings (SSSR count). The van der Waals surface area contributed by atoms with Crippen molar-refractivity contribution in [2.24, 2.45) is 0 Å². The summed E-state index contributed by atoms with van der Waals surface area (Å²) < 4.78 is 33.6. The number of hydrogen-bond acceptors (Lipinski definition) is 16. The predicted molar refractivity (Wildman–Crippen MR) is 538 cm³/mol. The molecule has 34 heteroatoms. The summed E-state index contributed by atoms with van der Waals surface area (Å²) in [6, 6.07) is 64.8. The van der Waals surface area contributed by atoms with Crippen LogP contribution in [0.3, 0.4) is 0 Å². The second-order valence-electron chi connectivity index (χ2n) is 34.0. The summed E-state index contributed by atoms with van der Waals surface area (Å²) in [5.74, 6) is 0.476. The summed E-state index contributed by atoms with van der Waals surface area (Å²) in [6.45, 7) is 12.5. The van der Waals surface area contributed by atoms with Crippen molar-refractivity contribution in [1.29, 1.82) is 0 Å². The highest BCUT2D eigenvalue weighted by Gasteiger charge is 2.41. The lowest BCUT2D eigenvalue weighted by atomic mass is 9.92. The second kappa shape index (κ2) is 44.2. The van der Waals surface area contributed by atoms with Gasteiger partial charge in [-0.2, -0.15) is 0 Å². The summed E-state index contributed by atoms with van der Waals surface area (Å²) in [6.07, 6.45) is 0.334. The van der Waals surface area contributed by atoms with E-state index in [1.807, 2.05) is 159 Å². The zero-order valence-corrected chi connectivity index (χ0v) is 81.7. The van der Waals surface area contributed by atoms with Crippen molar-refractivity contribution in [2.45, 2.75) is 83.6 Å². The van der Waals surface area contributed by atoms with Gasteiger partial charge in [0.15, 0.2) is 0 Å². The first-order chi connectivity index (χ1) is 66.6. The number of carbonyl (C=O) groups excluding carboxylic acids is 8. The van der Waals surface area contributed by atoms with E-state index < -0.39 is 30.4 Å². The van der Waals surface area contributed by atoms with Crippen molar-refractivity contribution >= 4 is 177 Å². The lowest BCUT2D eigenvalue weighted by Crippen LogP contribution is -2.42. The van der Waals surface area contributed by atoms with Gasteiger partial charge in [-0.3, -0.25) is 39.3 Å². The number of morpholine rings is 1. The van der Waals surface area contributed by atoms with E-state index in [2.05, 4.69) is 57.9 Å². The van der Waals surface area contributed by atoms with Crippen molar-refractivity contribution in [3.8, 4) is 11.5 Å². The second-order valence-corrected chi connectivity index (χ2v) is 37.1. The molecule has 14 aromatic rings. The number of aliphatic hydroxyl groups excluding tert-OH is 1. The van der Waals surface area contributed by atoms with E-state index >= 15 is 0 Å². The fourth-order valence-electron chi connectivity index (χ4n) is 18.1. The number of ether oxygens (including phenoxy) is 6.